The Morgan fingerprint density at radius 1 is 1.20 bits per heavy atom. The van der Waals surface area contributed by atoms with Gasteiger partial charge in [-0.3, -0.25) is 9.80 Å². The minimum atomic E-state index is 0.311. The van der Waals surface area contributed by atoms with Gasteiger partial charge < -0.3 is 5.11 Å². The van der Waals surface area contributed by atoms with Crippen molar-refractivity contribution >= 4 is 0 Å². The average Bonchev–Trinajstić information content (AvgIpc) is 2.17. The summed E-state index contributed by atoms with van der Waals surface area (Å²) < 4.78 is 0. The fraction of sp³-hybridized carbons (Fsp3) is 1.00. The van der Waals surface area contributed by atoms with Gasteiger partial charge in [0.15, 0.2) is 0 Å². The van der Waals surface area contributed by atoms with E-state index < -0.39 is 0 Å². The van der Waals surface area contributed by atoms with Gasteiger partial charge in [0.25, 0.3) is 0 Å². The number of hydrogen-bond acceptors (Lipinski definition) is 3. The van der Waals surface area contributed by atoms with E-state index in [4.69, 9.17) is 5.11 Å². The second kappa shape index (κ2) is 4.81. The number of fused-ring (bicyclic) bond motifs is 2. The van der Waals surface area contributed by atoms with Crippen LogP contribution in [0.2, 0.25) is 0 Å². The largest absolute Gasteiger partial charge is 0.395 e. The number of aliphatic hydroxyl groups is 1. The summed E-state index contributed by atoms with van der Waals surface area (Å²) in [6.45, 7) is 9.40. The van der Waals surface area contributed by atoms with Gasteiger partial charge >= 0.3 is 0 Å². The molecule has 3 heterocycles. The summed E-state index contributed by atoms with van der Waals surface area (Å²) >= 11 is 0. The van der Waals surface area contributed by atoms with Crippen molar-refractivity contribution in [1.82, 2.24) is 9.80 Å². The third kappa shape index (κ3) is 2.52. The van der Waals surface area contributed by atoms with Crippen molar-refractivity contribution in [2.24, 2.45) is 5.92 Å². The molecule has 0 aromatic heterocycles. The fourth-order valence-electron chi connectivity index (χ4n) is 2.87. The van der Waals surface area contributed by atoms with Crippen molar-refractivity contribution in [1.29, 1.82) is 0 Å². The van der Waals surface area contributed by atoms with Gasteiger partial charge in [-0.25, -0.2) is 0 Å². The summed E-state index contributed by atoms with van der Waals surface area (Å²) in [4.78, 5) is 5.08. The van der Waals surface area contributed by atoms with Gasteiger partial charge in [-0.1, -0.05) is 13.8 Å². The van der Waals surface area contributed by atoms with Crippen molar-refractivity contribution in [3.05, 3.63) is 0 Å². The SMILES string of the molecule is CC(C)CCN1C2CC1CN(CCO)C2. The van der Waals surface area contributed by atoms with Gasteiger partial charge in [0.2, 0.25) is 0 Å². The first-order valence-electron chi connectivity index (χ1n) is 6.29. The molecule has 3 saturated heterocycles. The Labute approximate surface area is 93.1 Å². The van der Waals surface area contributed by atoms with Crippen LogP contribution < -0.4 is 0 Å². The van der Waals surface area contributed by atoms with Crippen LogP contribution in [0.15, 0.2) is 0 Å². The number of nitrogens with zero attached hydrogens (tertiary/aromatic N) is 2. The zero-order valence-electron chi connectivity index (χ0n) is 10.0. The molecule has 3 aliphatic rings. The van der Waals surface area contributed by atoms with Crippen LogP contribution in [0.5, 0.6) is 0 Å². The Morgan fingerprint density at radius 3 is 2.40 bits per heavy atom. The maximum Gasteiger partial charge on any atom is 0.0558 e. The number of rotatable bonds is 5. The molecule has 3 nitrogen and oxygen atoms in total. The Morgan fingerprint density at radius 2 is 1.87 bits per heavy atom. The Bertz CT molecular complexity index is 196. The Balaban J connectivity index is 1.74. The smallest absolute Gasteiger partial charge is 0.0558 e. The molecular formula is C12H24N2O. The maximum absolute atomic E-state index is 8.91. The van der Waals surface area contributed by atoms with Crippen LogP contribution in [-0.2, 0) is 0 Å². The molecule has 0 radical (unpaired) electrons. The number of piperidine rings is 1. The second-order valence-electron chi connectivity index (χ2n) is 5.45. The molecule has 3 rings (SSSR count). The van der Waals surface area contributed by atoms with Crippen LogP contribution in [0.25, 0.3) is 0 Å². The molecule has 0 aromatic rings. The summed E-state index contributed by atoms with van der Waals surface area (Å²) in [6.07, 6.45) is 2.72. The highest BCUT2D eigenvalue weighted by atomic mass is 16.3. The fourth-order valence-corrected chi connectivity index (χ4v) is 2.87. The van der Waals surface area contributed by atoms with Crippen LogP contribution in [0.1, 0.15) is 26.7 Å². The Hall–Kier alpha value is -0.120. The molecule has 2 atom stereocenters. The molecule has 0 saturated carbocycles. The van der Waals surface area contributed by atoms with Crippen LogP contribution in [0.4, 0.5) is 0 Å². The Kier molecular flexibility index (Phi) is 3.65. The van der Waals surface area contributed by atoms with Gasteiger partial charge in [-0.2, -0.15) is 0 Å². The molecular weight excluding hydrogens is 188 g/mol. The van der Waals surface area contributed by atoms with Gasteiger partial charge in [0.1, 0.15) is 0 Å². The predicted molar refractivity (Wildman–Crippen MR) is 61.9 cm³/mol. The molecule has 2 unspecified atom stereocenters. The molecule has 0 aromatic carbocycles. The van der Waals surface area contributed by atoms with E-state index in [1.54, 1.807) is 0 Å². The quantitative estimate of drug-likeness (QED) is 0.729. The van der Waals surface area contributed by atoms with E-state index in [1.807, 2.05) is 0 Å². The average molecular weight is 212 g/mol. The van der Waals surface area contributed by atoms with Crippen LogP contribution in [0.3, 0.4) is 0 Å². The molecule has 3 aliphatic heterocycles. The van der Waals surface area contributed by atoms with Crippen LogP contribution >= 0.6 is 0 Å². The van der Waals surface area contributed by atoms with Crippen molar-refractivity contribution in [3.63, 3.8) is 0 Å². The summed E-state index contributed by atoms with van der Waals surface area (Å²) in [5.74, 6) is 0.819. The summed E-state index contributed by atoms with van der Waals surface area (Å²) in [6, 6.07) is 1.57. The van der Waals surface area contributed by atoms with Crippen molar-refractivity contribution < 1.29 is 5.11 Å². The molecule has 88 valence electrons. The summed E-state index contributed by atoms with van der Waals surface area (Å²) in [5.41, 5.74) is 0. The van der Waals surface area contributed by atoms with Crippen LogP contribution in [0, 0.1) is 5.92 Å². The lowest BCUT2D eigenvalue weighted by atomic mass is 9.86. The standard InChI is InChI=1S/C12H24N2O/c1-10(2)3-4-14-11-7-12(14)9-13(8-11)5-6-15/h10-12,15H,3-9H2,1-2H3. The highest BCUT2D eigenvalue weighted by Gasteiger charge is 2.43. The number of hydrogen-bond donors (Lipinski definition) is 1. The van der Waals surface area contributed by atoms with Crippen molar-refractivity contribution in [2.45, 2.75) is 38.8 Å². The highest BCUT2D eigenvalue weighted by molar-refractivity contribution is 5.00. The third-order valence-corrected chi connectivity index (χ3v) is 3.80. The minimum absolute atomic E-state index is 0.311. The highest BCUT2D eigenvalue weighted by Crippen LogP contribution is 2.32. The first-order chi connectivity index (χ1) is 7.20. The number of aliphatic hydroxyl groups excluding tert-OH is 1. The third-order valence-electron chi connectivity index (χ3n) is 3.80. The maximum atomic E-state index is 8.91. The summed E-state index contributed by atoms with van der Waals surface area (Å²) in [5, 5.41) is 8.91. The monoisotopic (exact) mass is 212 g/mol. The molecule has 0 spiro atoms. The molecule has 0 amide bonds. The summed E-state index contributed by atoms with van der Waals surface area (Å²) in [7, 11) is 0. The second-order valence-corrected chi connectivity index (χ2v) is 5.45. The molecule has 3 heteroatoms. The lowest BCUT2D eigenvalue weighted by Crippen LogP contribution is -2.68. The van der Waals surface area contributed by atoms with E-state index in [0.717, 1.165) is 24.5 Å². The van der Waals surface area contributed by atoms with E-state index in [-0.39, 0.29) is 0 Å². The van der Waals surface area contributed by atoms with Crippen molar-refractivity contribution in [2.75, 3.05) is 32.8 Å². The van der Waals surface area contributed by atoms with E-state index in [2.05, 4.69) is 23.6 Å². The topological polar surface area (TPSA) is 26.7 Å². The first-order valence-corrected chi connectivity index (χ1v) is 6.29. The predicted octanol–water partition coefficient (Wildman–Crippen LogP) is 0.783. The molecule has 3 fully saturated rings. The van der Waals surface area contributed by atoms with Crippen molar-refractivity contribution in [3.8, 4) is 0 Å². The van der Waals surface area contributed by atoms with Crippen LogP contribution in [-0.4, -0.2) is 59.8 Å². The first kappa shape index (κ1) is 11.4. The molecule has 2 bridgehead atoms. The minimum Gasteiger partial charge on any atom is -0.395 e. The molecule has 0 aliphatic carbocycles. The van der Waals surface area contributed by atoms with E-state index in [0.29, 0.717) is 6.61 Å². The van der Waals surface area contributed by atoms with Gasteiger partial charge in [0.05, 0.1) is 6.61 Å². The zero-order chi connectivity index (χ0) is 10.8. The lowest BCUT2D eigenvalue weighted by Gasteiger charge is -2.56. The van der Waals surface area contributed by atoms with Gasteiger partial charge in [0, 0.05) is 31.7 Å². The van der Waals surface area contributed by atoms with Gasteiger partial charge in [-0.15, -0.1) is 0 Å². The van der Waals surface area contributed by atoms with E-state index >= 15 is 0 Å². The molecule has 15 heavy (non-hydrogen) atoms. The normalized spacial score (nSPS) is 32.0. The molecule has 1 N–H and O–H groups in total. The number of piperazine rings is 1. The van der Waals surface area contributed by atoms with E-state index in [9.17, 15) is 0 Å². The zero-order valence-corrected chi connectivity index (χ0v) is 10.0. The van der Waals surface area contributed by atoms with Gasteiger partial charge in [-0.05, 0) is 25.3 Å². The van der Waals surface area contributed by atoms with E-state index in [1.165, 1.54) is 32.5 Å². The lowest BCUT2D eigenvalue weighted by molar-refractivity contribution is -0.0733.